The summed E-state index contributed by atoms with van der Waals surface area (Å²) < 4.78 is 0. The van der Waals surface area contributed by atoms with Crippen LogP contribution in [0.5, 0.6) is 0 Å². The van der Waals surface area contributed by atoms with Crippen LogP contribution in [0, 0.1) is 0 Å². The SMILES string of the molecule is CNC(=O)c1cc(NCc2ccsc2)ccn1. The molecule has 4 nitrogen and oxygen atoms in total. The molecule has 2 aromatic heterocycles. The second kappa shape index (κ2) is 5.45. The van der Waals surface area contributed by atoms with Crippen LogP contribution in [-0.2, 0) is 6.54 Å². The summed E-state index contributed by atoms with van der Waals surface area (Å²) >= 11 is 1.67. The maximum atomic E-state index is 11.4. The highest BCUT2D eigenvalue weighted by Gasteiger charge is 2.04. The summed E-state index contributed by atoms with van der Waals surface area (Å²) in [4.78, 5) is 15.4. The van der Waals surface area contributed by atoms with Crippen molar-refractivity contribution in [3.8, 4) is 0 Å². The molecule has 0 aromatic carbocycles. The van der Waals surface area contributed by atoms with E-state index in [2.05, 4.69) is 27.1 Å². The smallest absolute Gasteiger partial charge is 0.269 e. The zero-order valence-corrected chi connectivity index (χ0v) is 10.3. The Morgan fingerprint density at radius 2 is 2.35 bits per heavy atom. The number of carbonyl (C=O) groups is 1. The van der Waals surface area contributed by atoms with Gasteiger partial charge in [-0.2, -0.15) is 11.3 Å². The largest absolute Gasteiger partial charge is 0.381 e. The van der Waals surface area contributed by atoms with E-state index >= 15 is 0 Å². The summed E-state index contributed by atoms with van der Waals surface area (Å²) in [5, 5.41) is 9.94. The quantitative estimate of drug-likeness (QED) is 0.870. The summed E-state index contributed by atoms with van der Waals surface area (Å²) in [6.45, 7) is 0.751. The van der Waals surface area contributed by atoms with Gasteiger partial charge in [-0.1, -0.05) is 0 Å². The molecule has 2 heterocycles. The van der Waals surface area contributed by atoms with Crippen molar-refractivity contribution in [2.45, 2.75) is 6.54 Å². The number of nitrogens with zero attached hydrogens (tertiary/aromatic N) is 1. The molecular weight excluding hydrogens is 234 g/mol. The second-order valence-corrected chi connectivity index (χ2v) is 4.27. The van der Waals surface area contributed by atoms with Gasteiger partial charge in [-0.15, -0.1) is 0 Å². The van der Waals surface area contributed by atoms with Gasteiger partial charge in [0, 0.05) is 25.5 Å². The first-order valence-electron chi connectivity index (χ1n) is 5.22. The summed E-state index contributed by atoms with van der Waals surface area (Å²) in [5.74, 6) is -0.177. The predicted octanol–water partition coefficient (Wildman–Crippen LogP) is 2.11. The van der Waals surface area contributed by atoms with E-state index in [1.54, 1.807) is 30.6 Å². The summed E-state index contributed by atoms with van der Waals surface area (Å²) in [6, 6.07) is 5.66. The first-order valence-corrected chi connectivity index (χ1v) is 6.17. The third-order valence-electron chi connectivity index (χ3n) is 2.30. The predicted molar refractivity (Wildman–Crippen MR) is 69.3 cm³/mol. The average molecular weight is 247 g/mol. The first kappa shape index (κ1) is 11.6. The highest BCUT2D eigenvalue weighted by molar-refractivity contribution is 7.07. The maximum Gasteiger partial charge on any atom is 0.269 e. The Labute approximate surface area is 104 Å². The van der Waals surface area contributed by atoms with Crippen molar-refractivity contribution in [3.63, 3.8) is 0 Å². The van der Waals surface area contributed by atoms with Crippen LogP contribution in [0.15, 0.2) is 35.2 Å². The van der Waals surface area contributed by atoms with E-state index in [0.29, 0.717) is 5.69 Å². The Bertz CT molecular complexity index is 496. The number of hydrogen-bond donors (Lipinski definition) is 2. The lowest BCUT2D eigenvalue weighted by Crippen LogP contribution is -2.19. The topological polar surface area (TPSA) is 54.0 Å². The lowest BCUT2D eigenvalue weighted by molar-refractivity contribution is 0.0958. The number of carbonyl (C=O) groups excluding carboxylic acids is 1. The minimum absolute atomic E-state index is 0.177. The second-order valence-electron chi connectivity index (χ2n) is 3.49. The van der Waals surface area contributed by atoms with Crippen molar-refractivity contribution in [2.75, 3.05) is 12.4 Å². The number of thiophene rings is 1. The van der Waals surface area contributed by atoms with Crippen molar-refractivity contribution in [2.24, 2.45) is 0 Å². The third kappa shape index (κ3) is 3.04. The fourth-order valence-electron chi connectivity index (χ4n) is 1.39. The van der Waals surface area contributed by atoms with E-state index in [9.17, 15) is 4.79 Å². The van der Waals surface area contributed by atoms with Gasteiger partial charge >= 0.3 is 0 Å². The molecule has 0 fully saturated rings. The van der Waals surface area contributed by atoms with Crippen molar-refractivity contribution >= 4 is 22.9 Å². The van der Waals surface area contributed by atoms with Crippen LogP contribution in [-0.4, -0.2) is 17.9 Å². The van der Waals surface area contributed by atoms with E-state index in [1.807, 2.05) is 11.4 Å². The molecule has 17 heavy (non-hydrogen) atoms. The molecule has 0 saturated heterocycles. The molecule has 0 radical (unpaired) electrons. The van der Waals surface area contributed by atoms with E-state index in [0.717, 1.165) is 12.2 Å². The maximum absolute atomic E-state index is 11.4. The van der Waals surface area contributed by atoms with E-state index in [-0.39, 0.29) is 5.91 Å². The van der Waals surface area contributed by atoms with Crippen LogP contribution >= 0.6 is 11.3 Å². The molecule has 0 bridgehead atoms. The van der Waals surface area contributed by atoms with Gasteiger partial charge in [-0.3, -0.25) is 9.78 Å². The van der Waals surface area contributed by atoms with Crippen LogP contribution < -0.4 is 10.6 Å². The Morgan fingerprint density at radius 3 is 3.06 bits per heavy atom. The van der Waals surface area contributed by atoms with Crippen molar-refractivity contribution in [1.82, 2.24) is 10.3 Å². The molecule has 0 saturated carbocycles. The zero-order chi connectivity index (χ0) is 12.1. The molecular formula is C12H13N3OS. The molecule has 0 atom stereocenters. The molecule has 0 aliphatic heterocycles. The van der Waals surface area contributed by atoms with Gasteiger partial charge in [-0.05, 0) is 34.5 Å². The fourth-order valence-corrected chi connectivity index (χ4v) is 2.06. The number of amides is 1. The molecule has 0 spiro atoms. The molecule has 1 amide bonds. The Morgan fingerprint density at radius 1 is 1.47 bits per heavy atom. The zero-order valence-electron chi connectivity index (χ0n) is 9.43. The average Bonchev–Trinajstić information content (AvgIpc) is 2.89. The molecule has 2 aromatic rings. The number of pyridine rings is 1. The first-order chi connectivity index (χ1) is 8.29. The molecule has 0 aliphatic rings. The normalized spacial score (nSPS) is 9.94. The van der Waals surface area contributed by atoms with Crippen molar-refractivity contribution in [1.29, 1.82) is 0 Å². The molecule has 0 unspecified atom stereocenters. The number of aromatic nitrogens is 1. The third-order valence-corrected chi connectivity index (χ3v) is 3.03. The Hall–Kier alpha value is -1.88. The van der Waals surface area contributed by atoms with Crippen LogP contribution in [0.1, 0.15) is 16.1 Å². The number of anilines is 1. The fraction of sp³-hybridized carbons (Fsp3) is 0.167. The number of nitrogens with one attached hydrogen (secondary N) is 2. The minimum Gasteiger partial charge on any atom is -0.381 e. The molecule has 5 heteroatoms. The van der Waals surface area contributed by atoms with Gasteiger partial charge in [0.25, 0.3) is 5.91 Å². The van der Waals surface area contributed by atoms with Crippen LogP contribution in [0.2, 0.25) is 0 Å². The minimum atomic E-state index is -0.177. The van der Waals surface area contributed by atoms with E-state index in [4.69, 9.17) is 0 Å². The lowest BCUT2D eigenvalue weighted by Gasteiger charge is -2.06. The van der Waals surface area contributed by atoms with Gasteiger partial charge in [-0.25, -0.2) is 0 Å². The van der Waals surface area contributed by atoms with Crippen molar-refractivity contribution < 1.29 is 4.79 Å². The monoisotopic (exact) mass is 247 g/mol. The van der Waals surface area contributed by atoms with Crippen molar-refractivity contribution in [3.05, 3.63) is 46.4 Å². The summed E-state index contributed by atoms with van der Waals surface area (Å²) in [6.07, 6.45) is 1.63. The highest BCUT2D eigenvalue weighted by atomic mass is 32.1. The van der Waals surface area contributed by atoms with E-state index in [1.165, 1.54) is 5.56 Å². The van der Waals surface area contributed by atoms with Gasteiger partial charge in [0.2, 0.25) is 0 Å². The molecule has 2 N–H and O–H groups in total. The van der Waals surface area contributed by atoms with Crippen LogP contribution in [0.3, 0.4) is 0 Å². The van der Waals surface area contributed by atoms with Crippen LogP contribution in [0.25, 0.3) is 0 Å². The number of hydrogen-bond acceptors (Lipinski definition) is 4. The van der Waals surface area contributed by atoms with Gasteiger partial charge in [0.1, 0.15) is 5.69 Å². The van der Waals surface area contributed by atoms with Gasteiger partial charge < -0.3 is 10.6 Å². The molecule has 88 valence electrons. The van der Waals surface area contributed by atoms with Gasteiger partial charge in [0.15, 0.2) is 0 Å². The number of rotatable bonds is 4. The Kier molecular flexibility index (Phi) is 3.72. The lowest BCUT2D eigenvalue weighted by atomic mass is 10.3. The highest BCUT2D eigenvalue weighted by Crippen LogP contribution is 2.12. The molecule has 0 aliphatic carbocycles. The van der Waals surface area contributed by atoms with Crippen LogP contribution in [0.4, 0.5) is 5.69 Å². The van der Waals surface area contributed by atoms with Gasteiger partial charge in [0.05, 0.1) is 0 Å². The summed E-state index contributed by atoms with van der Waals surface area (Å²) in [5.41, 5.74) is 2.54. The standard InChI is InChI=1S/C12H13N3OS/c1-13-12(16)11-6-10(2-4-14-11)15-7-9-3-5-17-8-9/h2-6,8H,7H2,1H3,(H,13,16)(H,14,15). The van der Waals surface area contributed by atoms with E-state index < -0.39 is 0 Å². The molecule has 2 rings (SSSR count). The summed E-state index contributed by atoms with van der Waals surface area (Å²) in [7, 11) is 1.59. The Balaban J connectivity index is 2.03.